The molecule has 2 aromatic carbocycles. The summed E-state index contributed by atoms with van der Waals surface area (Å²) < 4.78 is 6.06. The highest BCUT2D eigenvalue weighted by Crippen LogP contribution is 2.26. The molecule has 1 aromatic heterocycles. The van der Waals surface area contributed by atoms with Gasteiger partial charge in [0.1, 0.15) is 5.75 Å². The van der Waals surface area contributed by atoms with Gasteiger partial charge in [-0.3, -0.25) is 9.78 Å². The zero-order valence-corrected chi connectivity index (χ0v) is 13.4. The van der Waals surface area contributed by atoms with Gasteiger partial charge in [-0.1, -0.05) is 34.1 Å². The zero-order chi connectivity index (χ0) is 15.5. The first-order valence-corrected chi connectivity index (χ1v) is 7.47. The monoisotopic (exact) mass is 356 g/mol. The number of benzene rings is 2. The normalized spacial score (nSPS) is 10.5. The lowest BCUT2D eigenvalue weighted by Gasteiger charge is -2.11. The van der Waals surface area contributed by atoms with E-state index in [4.69, 9.17) is 4.74 Å². The Bertz CT molecular complexity index is 844. The van der Waals surface area contributed by atoms with Gasteiger partial charge in [0, 0.05) is 16.1 Å². The zero-order valence-electron chi connectivity index (χ0n) is 11.8. The summed E-state index contributed by atoms with van der Waals surface area (Å²) >= 11 is 3.37. The molecule has 4 nitrogen and oxygen atoms in total. The molecule has 1 N–H and O–H groups in total. The molecular formula is C17H13BrN2O2. The van der Waals surface area contributed by atoms with E-state index in [1.54, 1.807) is 25.4 Å². The van der Waals surface area contributed by atoms with Gasteiger partial charge in [0.05, 0.1) is 23.9 Å². The molecule has 1 heterocycles. The number of anilines is 1. The Kier molecular flexibility index (Phi) is 4.06. The molecule has 0 aliphatic heterocycles. The van der Waals surface area contributed by atoms with Crippen molar-refractivity contribution in [2.45, 2.75) is 0 Å². The van der Waals surface area contributed by atoms with E-state index >= 15 is 0 Å². The maximum Gasteiger partial charge on any atom is 0.259 e. The highest BCUT2D eigenvalue weighted by molar-refractivity contribution is 9.10. The van der Waals surface area contributed by atoms with Crippen molar-refractivity contribution in [3.05, 3.63) is 64.8 Å². The van der Waals surface area contributed by atoms with Crippen LogP contribution in [0.25, 0.3) is 10.9 Å². The van der Waals surface area contributed by atoms with E-state index in [0.717, 1.165) is 15.4 Å². The molecule has 0 aliphatic carbocycles. The van der Waals surface area contributed by atoms with Crippen LogP contribution in [0.4, 0.5) is 5.69 Å². The topological polar surface area (TPSA) is 51.2 Å². The van der Waals surface area contributed by atoms with Crippen molar-refractivity contribution in [2.75, 3.05) is 12.4 Å². The molecule has 22 heavy (non-hydrogen) atoms. The maximum absolute atomic E-state index is 12.5. The van der Waals surface area contributed by atoms with Gasteiger partial charge < -0.3 is 10.1 Å². The van der Waals surface area contributed by atoms with Crippen molar-refractivity contribution >= 4 is 38.4 Å². The first kappa shape index (κ1) is 14.5. The van der Waals surface area contributed by atoms with Gasteiger partial charge in [0.15, 0.2) is 0 Å². The molecular weight excluding hydrogens is 344 g/mol. The Morgan fingerprint density at radius 3 is 2.82 bits per heavy atom. The van der Waals surface area contributed by atoms with Crippen molar-refractivity contribution < 1.29 is 9.53 Å². The predicted molar refractivity (Wildman–Crippen MR) is 90.4 cm³/mol. The average molecular weight is 357 g/mol. The lowest BCUT2D eigenvalue weighted by atomic mass is 10.1. The summed E-state index contributed by atoms with van der Waals surface area (Å²) in [5.41, 5.74) is 1.89. The van der Waals surface area contributed by atoms with Gasteiger partial charge >= 0.3 is 0 Å². The number of amides is 1. The molecule has 0 unspecified atom stereocenters. The van der Waals surface area contributed by atoms with Crippen LogP contribution in [0.2, 0.25) is 0 Å². The van der Waals surface area contributed by atoms with Crippen molar-refractivity contribution in [3.63, 3.8) is 0 Å². The van der Waals surface area contributed by atoms with Crippen LogP contribution in [0.15, 0.2) is 59.2 Å². The van der Waals surface area contributed by atoms with Gasteiger partial charge in [0.2, 0.25) is 0 Å². The molecule has 0 fully saturated rings. The van der Waals surface area contributed by atoms with Crippen molar-refractivity contribution in [2.24, 2.45) is 0 Å². The lowest BCUT2D eigenvalue weighted by molar-refractivity contribution is 0.102. The summed E-state index contributed by atoms with van der Waals surface area (Å²) in [4.78, 5) is 16.9. The van der Waals surface area contributed by atoms with Crippen LogP contribution < -0.4 is 10.1 Å². The summed E-state index contributed by atoms with van der Waals surface area (Å²) in [6.07, 6.45) is 1.71. The average Bonchev–Trinajstić information content (AvgIpc) is 2.55. The molecule has 0 saturated carbocycles. The number of halogens is 1. The minimum absolute atomic E-state index is 0.240. The van der Waals surface area contributed by atoms with Gasteiger partial charge in [-0.25, -0.2) is 0 Å². The van der Waals surface area contributed by atoms with Gasteiger partial charge in [-0.2, -0.15) is 0 Å². The van der Waals surface area contributed by atoms with E-state index < -0.39 is 0 Å². The number of aromatic nitrogens is 1. The van der Waals surface area contributed by atoms with Crippen LogP contribution in [-0.2, 0) is 0 Å². The maximum atomic E-state index is 12.5. The number of carbonyl (C=O) groups is 1. The molecule has 0 radical (unpaired) electrons. The van der Waals surface area contributed by atoms with Crippen LogP contribution in [0.5, 0.6) is 5.75 Å². The Morgan fingerprint density at radius 1 is 1.18 bits per heavy atom. The lowest BCUT2D eigenvalue weighted by Crippen LogP contribution is -2.13. The van der Waals surface area contributed by atoms with Crippen molar-refractivity contribution in [3.8, 4) is 5.75 Å². The third-order valence-electron chi connectivity index (χ3n) is 3.29. The second kappa shape index (κ2) is 6.15. The van der Waals surface area contributed by atoms with Gasteiger partial charge in [-0.05, 0) is 30.3 Å². The number of hydrogen-bond acceptors (Lipinski definition) is 3. The van der Waals surface area contributed by atoms with Crippen LogP contribution in [0.3, 0.4) is 0 Å². The summed E-state index contributed by atoms with van der Waals surface area (Å²) in [6, 6.07) is 14.8. The fraction of sp³-hybridized carbons (Fsp3) is 0.0588. The highest BCUT2D eigenvalue weighted by atomic mass is 79.9. The number of hydrogen-bond donors (Lipinski definition) is 1. The number of para-hydroxylation sites is 1. The van der Waals surface area contributed by atoms with Gasteiger partial charge in [0.25, 0.3) is 5.91 Å². The van der Waals surface area contributed by atoms with Crippen molar-refractivity contribution in [1.29, 1.82) is 0 Å². The summed E-state index contributed by atoms with van der Waals surface area (Å²) in [5, 5.41) is 3.87. The summed E-state index contributed by atoms with van der Waals surface area (Å²) in [7, 11) is 1.54. The number of nitrogens with one attached hydrogen (secondary N) is 1. The highest BCUT2D eigenvalue weighted by Gasteiger charge is 2.14. The second-order valence-electron chi connectivity index (χ2n) is 4.68. The number of nitrogens with zero attached hydrogens (tertiary/aromatic N) is 1. The minimum Gasteiger partial charge on any atom is -0.496 e. The minimum atomic E-state index is -0.240. The van der Waals surface area contributed by atoms with Crippen molar-refractivity contribution in [1.82, 2.24) is 4.98 Å². The molecule has 5 heteroatoms. The molecule has 0 bridgehead atoms. The van der Waals surface area contributed by atoms with E-state index in [-0.39, 0.29) is 5.91 Å². The van der Waals surface area contributed by atoms with Crippen LogP contribution >= 0.6 is 15.9 Å². The molecule has 0 spiro atoms. The largest absolute Gasteiger partial charge is 0.496 e. The Morgan fingerprint density at radius 2 is 2.00 bits per heavy atom. The van der Waals surface area contributed by atoms with E-state index in [1.165, 1.54) is 0 Å². The third kappa shape index (κ3) is 2.80. The van der Waals surface area contributed by atoms with Crippen LogP contribution in [0, 0.1) is 0 Å². The first-order valence-electron chi connectivity index (χ1n) is 6.67. The van der Waals surface area contributed by atoms with E-state index in [9.17, 15) is 4.79 Å². The SMILES string of the molecule is COc1ccc(Br)cc1C(=O)Nc1cccc2cccnc12. The third-order valence-corrected chi connectivity index (χ3v) is 3.78. The molecule has 0 aliphatic rings. The molecule has 0 atom stereocenters. The summed E-state index contributed by atoms with van der Waals surface area (Å²) in [6.45, 7) is 0. The summed E-state index contributed by atoms with van der Waals surface area (Å²) in [5.74, 6) is 0.283. The molecule has 0 saturated heterocycles. The Hall–Kier alpha value is -2.40. The number of rotatable bonds is 3. The Labute approximate surface area is 136 Å². The molecule has 3 aromatic rings. The fourth-order valence-corrected chi connectivity index (χ4v) is 2.61. The number of methoxy groups -OCH3 is 1. The standard InChI is InChI=1S/C17H13BrN2O2/c1-22-15-8-7-12(18)10-13(15)17(21)20-14-6-2-4-11-5-3-9-19-16(11)14/h2-10H,1H3,(H,20,21). The number of fused-ring (bicyclic) bond motifs is 1. The smallest absolute Gasteiger partial charge is 0.259 e. The predicted octanol–water partition coefficient (Wildman–Crippen LogP) is 4.26. The Balaban J connectivity index is 1.99. The quantitative estimate of drug-likeness (QED) is 0.762. The number of pyridine rings is 1. The fourth-order valence-electron chi connectivity index (χ4n) is 2.25. The molecule has 110 valence electrons. The second-order valence-corrected chi connectivity index (χ2v) is 5.60. The van der Waals surface area contributed by atoms with E-state index in [1.807, 2.05) is 36.4 Å². The first-order chi connectivity index (χ1) is 10.7. The van der Waals surface area contributed by atoms with E-state index in [0.29, 0.717) is 17.0 Å². The molecule has 1 amide bonds. The van der Waals surface area contributed by atoms with E-state index in [2.05, 4.69) is 26.2 Å². The van der Waals surface area contributed by atoms with Gasteiger partial charge in [-0.15, -0.1) is 0 Å². The number of ether oxygens (including phenoxy) is 1. The van der Waals surface area contributed by atoms with Crippen LogP contribution in [0.1, 0.15) is 10.4 Å². The van der Waals surface area contributed by atoms with Crippen LogP contribution in [-0.4, -0.2) is 18.0 Å². The number of carbonyl (C=O) groups excluding carboxylic acids is 1. The molecule has 3 rings (SSSR count).